The highest BCUT2D eigenvalue weighted by Crippen LogP contribution is 2.35. The maximum absolute atomic E-state index is 13.6. The summed E-state index contributed by atoms with van der Waals surface area (Å²) in [6, 6.07) is 16.3. The van der Waals surface area contributed by atoms with Gasteiger partial charge in [0.15, 0.2) is 0 Å². The van der Waals surface area contributed by atoms with Gasteiger partial charge in [0.1, 0.15) is 10.0 Å². The SMILES string of the molecule is CCCN(CCC)S(=O)(=O)c1cccc(-c2nn(-c3ccccc3)cc2C=C2SC(=S)N(CCCCCC(=O)O)C2=O)c1. The molecule has 1 fully saturated rings. The Labute approximate surface area is 262 Å². The van der Waals surface area contributed by atoms with Gasteiger partial charge in [0.05, 0.1) is 15.5 Å². The molecule has 0 unspecified atom stereocenters. The Morgan fingerprint density at radius 3 is 2.44 bits per heavy atom. The van der Waals surface area contributed by atoms with Gasteiger partial charge in [-0.05, 0) is 56.0 Å². The Morgan fingerprint density at radius 1 is 1.05 bits per heavy atom. The first-order valence-electron chi connectivity index (χ1n) is 14.4. The number of benzene rings is 2. The van der Waals surface area contributed by atoms with Crippen LogP contribution in [0.5, 0.6) is 0 Å². The third kappa shape index (κ3) is 7.99. The quantitative estimate of drug-likeness (QED) is 0.119. The number of thioether (sulfide) groups is 1. The Balaban J connectivity index is 1.69. The maximum Gasteiger partial charge on any atom is 0.303 e. The molecule has 1 aromatic heterocycles. The van der Waals surface area contributed by atoms with Crippen molar-refractivity contribution in [2.24, 2.45) is 0 Å². The molecule has 9 nitrogen and oxygen atoms in total. The molecule has 1 amide bonds. The van der Waals surface area contributed by atoms with Gasteiger partial charge in [0.25, 0.3) is 5.91 Å². The molecule has 1 N–H and O–H groups in total. The highest BCUT2D eigenvalue weighted by atomic mass is 32.2. The summed E-state index contributed by atoms with van der Waals surface area (Å²) in [5, 5.41) is 13.7. The summed E-state index contributed by atoms with van der Waals surface area (Å²) < 4.78 is 30.8. The first kappa shape index (κ1) is 32.6. The number of sulfonamides is 1. The molecular weight excluding hydrogens is 605 g/mol. The highest BCUT2D eigenvalue weighted by molar-refractivity contribution is 8.26. The van der Waals surface area contributed by atoms with E-state index in [4.69, 9.17) is 22.4 Å². The number of carboxylic acid groups (broad SMARTS) is 1. The Morgan fingerprint density at radius 2 is 1.77 bits per heavy atom. The number of thiocarbonyl (C=S) groups is 1. The van der Waals surface area contributed by atoms with E-state index in [9.17, 15) is 18.0 Å². The zero-order valence-electron chi connectivity index (χ0n) is 24.3. The topological polar surface area (TPSA) is 113 Å². The van der Waals surface area contributed by atoms with Crippen molar-refractivity contribution in [3.63, 3.8) is 0 Å². The van der Waals surface area contributed by atoms with E-state index in [1.54, 1.807) is 33.9 Å². The van der Waals surface area contributed by atoms with Crippen molar-refractivity contribution in [2.45, 2.75) is 57.3 Å². The first-order valence-corrected chi connectivity index (χ1v) is 17.0. The van der Waals surface area contributed by atoms with Crippen LogP contribution in [0.25, 0.3) is 23.0 Å². The van der Waals surface area contributed by atoms with E-state index in [1.165, 1.54) is 16.1 Å². The second kappa shape index (κ2) is 14.9. The summed E-state index contributed by atoms with van der Waals surface area (Å²) in [4.78, 5) is 26.3. The molecule has 0 bridgehead atoms. The summed E-state index contributed by atoms with van der Waals surface area (Å²) >= 11 is 6.72. The summed E-state index contributed by atoms with van der Waals surface area (Å²) in [6.45, 7) is 5.22. The van der Waals surface area contributed by atoms with E-state index < -0.39 is 16.0 Å². The number of amides is 1. The molecule has 2 aromatic carbocycles. The number of nitrogens with zero attached hydrogens (tertiary/aromatic N) is 4. The van der Waals surface area contributed by atoms with Gasteiger partial charge in [-0.15, -0.1) is 0 Å². The average Bonchev–Trinajstić information content (AvgIpc) is 3.53. The van der Waals surface area contributed by atoms with E-state index in [1.807, 2.05) is 56.4 Å². The average molecular weight is 641 g/mol. The fourth-order valence-corrected chi connectivity index (χ4v) is 7.76. The molecule has 228 valence electrons. The summed E-state index contributed by atoms with van der Waals surface area (Å²) in [5.74, 6) is -1.04. The van der Waals surface area contributed by atoms with Gasteiger partial charge in [0.2, 0.25) is 10.0 Å². The van der Waals surface area contributed by atoms with Crippen LogP contribution in [0.1, 0.15) is 57.9 Å². The second-order valence-corrected chi connectivity index (χ2v) is 13.8. The van der Waals surface area contributed by atoms with Crippen LogP contribution in [0.2, 0.25) is 0 Å². The van der Waals surface area contributed by atoms with Crippen molar-refractivity contribution in [1.29, 1.82) is 0 Å². The number of para-hydroxylation sites is 1. The number of carbonyl (C=O) groups is 2. The largest absolute Gasteiger partial charge is 0.481 e. The van der Waals surface area contributed by atoms with Crippen molar-refractivity contribution in [2.75, 3.05) is 19.6 Å². The van der Waals surface area contributed by atoms with Gasteiger partial charge < -0.3 is 5.11 Å². The van der Waals surface area contributed by atoms with E-state index in [0.717, 1.165) is 5.69 Å². The monoisotopic (exact) mass is 640 g/mol. The number of aromatic nitrogens is 2. The molecule has 12 heteroatoms. The first-order chi connectivity index (χ1) is 20.6. The highest BCUT2D eigenvalue weighted by Gasteiger charge is 2.32. The molecule has 2 heterocycles. The minimum absolute atomic E-state index is 0.101. The third-order valence-electron chi connectivity index (χ3n) is 6.89. The predicted molar refractivity (Wildman–Crippen MR) is 174 cm³/mol. The van der Waals surface area contributed by atoms with Gasteiger partial charge in [-0.25, -0.2) is 13.1 Å². The standard InChI is InChI=1S/C31H36N4O5S3/c1-3-17-33(18-4-2)43(39,40)26-15-11-12-23(20-26)29-24(22-35(32-29)25-13-7-5-8-14-25)21-27-30(38)34(31(41)42-27)19-10-6-9-16-28(36)37/h5,7-8,11-15,20-22H,3-4,6,9-10,16-19H2,1-2H3,(H,36,37). The fraction of sp³-hybridized carbons (Fsp3) is 0.355. The van der Waals surface area contributed by atoms with Crippen molar-refractivity contribution in [1.82, 2.24) is 19.0 Å². The van der Waals surface area contributed by atoms with Gasteiger partial charge in [-0.1, -0.05) is 74.6 Å². The van der Waals surface area contributed by atoms with Gasteiger partial charge >= 0.3 is 5.97 Å². The van der Waals surface area contributed by atoms with Crippen LogP contribution in [-0.2, 0) is 19.6 Å². The molecule has 1 aliphatic heterocycles. The number of carbonyl (C=O) groups excluding carboxylic acids is 1. The molecule has 4 rings (SSSR count). The van der Waals surface area contributed by atoms with E-state index in [2.05, 4.69) is 0 Å². The molecule has 0 radical (unpaired) electrons. The number of carboxylic acids is 1. The van der Waals surface area contributed by atoms with Crippen LogP contribution < -0.4 is 0 Å². The summed E-state index contributed by atoms with van der Waals surface area (Å²) in [6.07, 6.45) is 6.99. The summed E-state index contributed by atoms with van der Waals surface area (Å²) in [7, 11) is -3.71. The molecule has 3 aromatic rings. The Kier molecular flexibility index (Phi) is 11.3. The number of unbranched alkanes of at least 4 members (excludes halogenated alkanes) is 2. The minimum Gasteiger partial charge on any atom is -0.481 e. The van der Waals surface area contributed by atoms with Crippen LogP contribution >= 0.6 is 24.0 Å². The lowest BCUT2D eigenvalue weighted by molar-refractivity contribution is -0.137. The zero-order valence-corrected chi connectivity index (χ0v) is 26.8. The van der Waals surface area contributed by atoms with Crippen molar-refractivity contribution in [3.05, 3.63) is 71.3 Å². The number of hydrogen-bond donors (Lipinski definition) is 1. The maximum atomic E-state index is 13.6. The van der Waals surface area contributed by atoms with Crippen LogP contribution in [0.15, 0.2) is 70.6 Å². The molecular formula is C31H36N4O5S3. The number of rotatable bonds is 15. The zero-order chi connectivity index (χ0) is 31.0. The molecule has 1 aliphatic rings. The van der Waals surface area contributed by atoms with Gasteiger partial charge in [0, 0.05) is 43.4 Å². The Bertz CT molecular complexity index is 1600. The van der Waals surface area contributed by atoms with E-state index in [-0.39, 0.29) is 17.2 Å². The van der Waals surface area contributed by atoms with Crippen molar-refractivity contribution < 1.29 is 23.1 Å². The van der Waals surface area contributed by atoms with E-state index >= 15 is 0 Å². The van der Waals surface area contributed by atoms with Crippen LogP contribution in [0.3, 0.4) is 0 Å². The molecule has 0 atom stereocenters. The second-order valence-electron chi connectivity index (χ2n) is 10.2. The van der Waals surface area contributed by atoms with Crippen LogP contribution in [-0.4, -0.2) is 68.3 Å². The normalized spacial score (nSPS) is 14.8. The lowest BCUT2D eigenvalue weighted by atomic mass is 10.1. The van der Waals surface area contributed by atoms with Crippen molar-refractivity contribution >= 4 is 56.3 Å². The molecule has 0 aliphatic carbocycles. The smallest absolute Gasteiger partial charge is 0.303 e. The van der Waals surface area contributed by atoms with Gasteiger partial charge in [-0.2, -0.15) is 9.40 Å². The minimum atomic E-state index is -3.71. The Hall–Kier alpha value is -3.32. The van der Waals surface area contributed by atoms with Crippen LogP contribution in [0.4, 0.5) is 0 Å². The fourth-order valence-electron chi connectivity index (χ4n) is 4.79. The molecule has 43 heavy (non-hydrogen) atoms. The number of hydrogen-bond acceptors (Lipinski definition) is 7. The lowest BCUT2D eigenvalue weighted by Crippen LogP contribution is -2.32. The van der Waals surface area contributed by atoms with E-state index in [0.29, 0.717) is 77.8 Å². The predicted octanol–water partition coefficient (Wildman–Crippen LogP) is 6.20. The third-order valence-corrected chi connectivity index (χ3v) is 10.2. The molecule has 0 saturated carbocycles. The molecule has 1 saturated heterocycles. The lowest BCUT2D eigenvalue weighted by Gasteiger charge is -2.21. The van der Waals surface area contributed by atoms with Crippen molar-refractivity contribution in [3.8, 4) is 16.9 Å². The van der Waals surface area contributed by atoms with Crippen LogP contribution in [0, 0.1) is 0 Å². The van der Waals surface area contributed by atoms with Gasteiger partial charge in [-0.3, -0.25) is 14.5 Å². The molecule has 0 spiro atoms. The summed E-state index contributed by atoms with van der Waals surface area (Å²) in [5.41, 5.74) is 2.62. The number of aliphatic carboxylic acids is 1.